The van der Waals surface area contributed by atoms with Gasteiger partial charge in [0.05, 0.1) is 12.1 Å². The number of hydrogen-bond donors (Lipinski definition) is 4. The first-order valence-corrected chi connectivity index (χ1v) is 14.6. The van der Waals surface area contributed by atoms with E-state index in [1.54, 1.807) is 11.0 Å². The Balaban J connectivity index is 1.57. The maximum absolute atomic E-state index is 13.6. The van der Waals surface area contributed by atoms with Crippen LogP contribution in [0.2, 0.25) is 0 Å². The van der Waals surface area contributed by atoms with Crippen molar-refractivity contribution in [1.82, 2.24) is 15.5 Å². The van der Waals surface area contributed by atoms with Crippen molar-refractivity contribution >= 4 is 17.7 Å². The first-order valence-electron chi connectivity index (χ1n) is 14.6. The lowest BCUT2D eigenvalue weighted by Crippen LogP contribution is -2.48. The topological polar surface area (TPSA) is 143 Å². The predicted molar refractivity (Wildman–Crippen MR) is 163 cm³/mol. The summed E-state index contributed by atoms with van der Waals surface area (Å²) in [5.74, 6) is -0.330. The molecule has 2 atom stereocenters. The van der Waals surface area contributed by atoms with E-state index in [0.29, 0.717) is 37.6 Å². The summed E-state index contributed by atoms with van der Waals surface area (Å²) in [6, 6.07) is 18.8. The Morgan fingerprint density at radius 2 is 1.56 bits per heavy atom. The van der Waals surface area contributed by atoms with Gasteiger partial charge in [-0.3, -0.25) is 14.4 Å². The van der Waals surface area contributed by atoms with Gasteiger partial charge in [-0.15, -0.1) is 0 Å². The summed E-state index contributed by atoms with van der Waals surface area (Å²) < 4.78 is 10.9. The highest BCUT2D eigenvalue weighted by atomic mass is 16.7. The molecule has 0 fully saturated rings. The van der Waals surface area contributed by atoms with Crippen LogP contribution in [0.15, 0.2) is 66.7 Å². The Bertz CT molecular complexity index is 1410. The minimum Gasteiger partial charge on any atom is -0.454 e. The number of hydrogen-bond acceptors (Lipinski definition) is 7. The molecule has 1 aliphatic rings. The van der Waals surface area contributed by atoms with E-state index in [0.717, 1.165) is 24.0 Å². The van der Waals surface area contributed by atoms with Crippen LogP contribution < -0.4 is 25.8 Å². The summed E-state index contributed by atoms with van der Waals surface area (Å²) >= 11 is 0. The molecule has 0 spiro atoms. The number of nitrogens with one attached hydrogen (secondary N) is 2. The van der Waals surface area contributed by atoms with Gasteiger partial charge >= 0.3 is 0 Å². The van der Waals surface area contributed by atoms with Crippen LogP contribution in [0, 0.1) is 0 Å². The highest BCUT2D eigenvalue weighted by molar-refractivity contribution is 6.04. The molecule has 0 radical (unpaired) electrons. The third-order valence-electron chi connectivity index (χ3n) is 7.20. The van der Waals surface area contributed by atoms with Gasteiger partial charge in [0, 0.05) is 42.9 Å². The van der Waals surface area contributed by atoms with Gasteiger partial charge in [0.25, 0.3) is 11.8 Å². The molecule has 10 nitrogen and oxygen atoms in total. The average Bonchev–Trinajstić information content (AvgIpc) is 3.48. The third kappa shape index (κ3) is 8.56. The molecular formula is C33H40N4O6. The van der Waals surface area contributed by atoms with Crippen LogP contribution in [0.4, 0.5) is 0 Å². The van der Waals surface area contributed by atoms with Crippen LogP contribution in [-0.4, -0.2) is 66.3 Å². The number of benzene rings is 3. The van der Waals surface area contributed by atoms with Crippen LogP contribution in [0.1, 0.15) is 68.9 Å². The van der Waals surface area contributed by atoms with Crippen molar-refractivity contribution in [2.75, 3.05) is 26.4 Å². The fourth-order valence-electron chi connectivity index (χ4n) is 5.02. The average molecular weight is 589 g/mol. The maximum Gasteiger partial charge on any atom is 0.253 e. The number of fused-ring (bicyclic) bond motifs is 1. The second kappa shape index (κ2) is 15.2. The third-order valence-corrected chi connectivity index (χ3v) is 7.20. The van der Waals surface area contributed by atoms with Crippen molar-refractivity contribution in [1.29, 1.82) is 0 Å². The minimum absolute atomic E-state index is 0.0568. The van der Waals surface area contributed by atoms with Gasteiger partial charge in [-0.05, 0) is 60.7 Å². The molecule has 10 heteroatoms. The SMILES string of the molecule is CCCN(CCC)C(=O)c1cc(C(N)=O)cc(C(=O)N[C@@H](Cc2ccc3c(c2)OCO3)[C@H](O)CNCc2ccccc2)c1. The maximum atomic E-state index is 13.6. The van der Waals surface area contributed by atoms with Crippen LogP contribution in [0.5, 0.6) is 11.5 Å². The van der Waals surface area contributed by atoms with Gasteiger partial charge in [0.1, 0.15) is 0 Å². The molecule has 0 saturated carbocycles. The second-order valence-electron chi connectivity index (χ2n) is 10.6. The molecule has 3 aromatic rings. The Morgan fingerprint density at radius 3 is 2.26 bits per heavy atom. The van der Waals surface area contributed by atoms with E-state index in [-0.39, 0.29) is 35.9 Å². The van der Waals surface area contributed by atoms with Crippen molar-refractivity contribution in [3.05, 3.63) is 94.5 Å². The van der Waals surface area contributed by atoms with E-state index >= 15 is 0 Å². The smallest absolute Gasteiger partial charge is 0.253 e. The number of aliphatic hydroxyl groups excluding tert-OH is 1. The molecule has 0 bridgehead atoms. The standard InChI is InChI=1S/C33H40N4O6/c1-3-12-37(13-4-2)33(41)26-17-24(31(34)39)16-25(18-26)32(40)36-27(14-23-10-11-29-30(15-23)43-21-42-29)28(38)20-35-19-22-8-6-5-7-9-22/h5-11,15-18,27-28,35,38H,3-4,12-14,19-21H2,1-2H3,(H2,34,39)(H,36,40)/t27-,28+/m0/s1. The molecule has 3 aromatic carbocycles. The predicted octanol–water partition coefficient (Wildman–Crippen LogP) is 3.27. The van der Waals surface area contributed by atoms with Crippen molar-refractivity contribution in [2.45, 2.75) is 51.8 Å². The monoisotopic (exact) mass is 588 g/mol. The first-order chi connectivity index (χ1) is 20.8. The molecule has 1 aliphatic heterocycles. The zero-order valence-electron chi connectivity index (χ0n) is 24.7. The molecule has 4 rings (SSSR count). The fraction of sp³-hybridized carbons (Fsp3) is 0.364. The number of rotatable bonds is 15. The summed E-state index contributed by atoms with van der Waals surface area (Å²) in [5.41, 5.74) is 7.84. The quantitative estimate of drug-likeness (QED) is 0.213. The molecule has 228 valence electrons. The highest BCUT2D eigenvalue weighted by Crippen LogP contribution is 2.33. The summed E-state index contributed by atoms with van der Waals surface area (Å²) in [5, 5.41) is 17.4. The van der Waals surface area contributed by atoms with Crippen LogP contribution in [0.25, 0.3) is 0 Å². The number of aliphatic hydroxyl groups is 1. The van der Waals surface area contributed by atoms with E-state index in [1.165, 1.54) is 18.2 Å². The number of nitrogens with two attached hydrogens (primary N) is 1. The Labute approximate surface area is 252 Å². The lowest BCUT2D eigenvalue weighted by molar-refractivity contribution is 0.0755. The number of nitrogens with zero attached hydrogens (tertiary/aromatic N) is 1. The van der Waals surface area contributed by atoms with Crippen molar-refractivity contribution in [3.8, 4) is 11.5 Å². The van der Waals surface area contributed by atoms with Crippen LogP contribution in [-0.2, 0) is 13.0 Å². The molecule has 0 aliphatic carbocycles. The Morgan fingerprint density at radius 1 is 0.884 bits per heavy atom. The zero-order valence-corrected chi connectivity index (χ0v) is 24.7. The van der Waals surface area contributed by atoms with Gasteiger partial charge in [-0.2, -0.15) is 0 Å². The number of primary amides is 1. The summed E-state index contributed by atoms with van der Waals surface area (Å²) in [6.07, 6.45) is 0.861. The van der Waals surface area contributed by atoms with E-state index in [2.05, 4.69) is 10.6 Å². The van der Waals surface area contributed by atoms with Crippen LogP contribution >= 0.6 is 0 Å². The second-order valence-corrected chi connectivity index (χ2v) is 10.6. The van der Waals surface area contributed by atoms with Gasteiger partial charge in [-0.1, -0.05) is 50.2 Å². The number of ether oxygens (including phenoxy) is 2. The lowest BCUT2D eigenvalue weighted by atomic mass is 9.99. The van der Waals surface area contributed by atoms with Gasteiger partial charge < -0.3 is 35.8 Å². The van der Waals surface area contributed by atoms with Gasteiger partial charge in [-0.25, -0.2) is 0 Å². The highest BCUT2D eigenvalue weighted by Gasteiger charge is 2.25. The number of carbonyl (C=O) groups is 3. The van der Waals surface area contributed by atoms with Gasteiger partial charge in [0.2, 0.25) is 12.7 Å². The van der Waals surface area contributed by atoms with Crippen molar-refractivity contribution in [2.24, 2.45) is 5.73 Å². The molecular weight excluding hydrogens is 548 g/mol. The molecule has 0 saturated heterocycles. The van der Waals surface area contributed by atoms with Crippen molar-refractivity contribution < 1.29 is 29.0 Å². The number of amides is 3. The lowest BCUT2D eigenvalue weighted by Gasteiger charge is -2.25. The summed E-state index contributed by atoms with van der Waals surface area (Å²) in [6.45, 7) is 5.95. The molecule has 0 unspecified atom stereocenters. The largest absolute Gasteiger partial charge is 0.454 e. The molecule has 5 N–H and O–H groups in total. The normalized spacial score (nSPS) is 13.3. The molecule has 0 aromatic heterocycles. The zero-order chi connectivity index (χ0) is 30.8. The number of carbonyl (C=O) groups excluding carboxylic acids is 3. The first kappa shape index (κ1) is 31.5. The van der Waals surface area contributed by atoms with E-state index in [9.17, 15) is 19.5 Å². The Hall–Kier alpha value is -4.41. The molecule has 3 amide bonds. The van der Waals surface area contributed by atoms with E-state index in [4.69, 9.17) is 15.2 Å². The fourth-order valence-corrected chi connectivity index (χ4v) is 5.02. The van der Waals surface area contributed by atoms with E-state index < -0.39 is 24.0 Å². The molecule has 1 heterocycles. The molecule has 43 heavy (non-hydrogen) atoms. The van der Waals surface area contributed by atoms with Crippen molar-refractivity contribution in [3.63, 3.8) is 0 Å². The summed E-state index contributed by atoms with van der Waals surface area (Å²) in [7, 11) is 0. The summed E-state index contributed by atoms with van der Waals surface area (Å²) in [4.78, 5) is 40.9. The Kier molecular flexibility index (Phi) is 11.1. The van der Waals surface area contributed by atoms with E-state index in [1.807, 2.05) is 56.3 Å². The van der Waals surface area contributed by atoms with Crippen LogP contribution in [0.3, 0.4) is 0 Å². The van der Waals surface area contributed by atoms with Gasteiger partial charge in [0.15, 0.2) is 11.5 Å². The minimum atomic E-state index is -0.969.